The van der Waals surface area contributed by atoms with Crippen LogP contribution in [-0.2, 0) is 33.4 Å². The SMILES string of the molecule is CC[C@@H]1/C=C(\C)C[C@H](C)CC[C@@H]2O[C@@](O)(C(=O)C(=O)N3CCCCC3C(=O)O[C@H](/C(C)=C/[C@@]3(C)CC[C@@H](O)[C@H](OC)C3)[C@H](C)[C@@H](O)CC1=O)[C@H](C)C[C@@H]2C. The number of piperidine rings is 1. The molecule has 0 aromatic rings. The van der Waals surface area contributed by atoms with Crippen molar-refractivity contribution in [1.82, 2.24) is 4.90 Å². The summed E-state index contributed by atoms with van der Waals surface area (Å²) < 4.78 is 18.1. The fraction of sp³-hybridized carbons (Fsp3) is 0.814. The molecule has 0 spiro atoms. The van der Waals surface area contributed by atoms with Crippen LogP contribution in [0.2, 0.25) is 0 Å². The molecule has 1 amide bonds. The van der Waals surface area contributed by atoms with Gasteiger partial charge >= 0.3 is 5.97 Å². The first-order valence-corrected chi connectivity index (χ1v) is 20.6. The van der Waals surface area contributed by atoms with E-state index in [0.29, 0.717) is 56.9 Å². The Morgan fingerprint density at radius 2 is 1.72 bits per heavy atom. The number of esters is 1. The minimum Gasteiger partial charge on any atom is -0.456 e. The molecule has 4 aliphatic rings. The van der Waals surface area contributed by atoms with E-state index in [1.54, 1.807) is 21.0 Å². The van der Waals surface area contributed by atoms with Gasteiger partial charge in [0.1, 0.15) is 17.9 Å². The second-order valence-corrected chi connectivity index (χ2v) is 17.8. The largest absolute Gasteiger partial charge is 0.456 e. The van der Waals surface area contributed by atoms with Crippen LogP contribution in [0.4, 0.5) is 0 Å². The fourth-order valence-corrected chi connectivity index (χ4v) is 9.54. The van der Waals surface area contributed by atoms with E-state index in [-0.39, 0.29) is 49.0 Å². The highest BCUT2D eigenvalue weighted by molar-refractivity contribution is 6.39. The summed E-state index contributed by atoms with van der Waals surface area (Å²) in [5.41, 5.74) is 1.34. The highest BCUT2D eigenvalue weighted by Gasteiger charge is 2.54. The number of fused-ring (bicyclic) bond motifs is 3. The maximum absolute atomic E-state index is 14.3. The molecule has 11 nitrogen and oxygen atoms in total. The fourth-order valence-electron chi connectivity index (χ4n) is 9.54. The number of aliphatic hydroxyl groups is 3. The number of ether oxygens (including phenoxy) is 3. The molecule has 2 bridgehead atoms. The summed E-state index contributed by atoms with van der Waals surface area (Å²) in [5.74, 6) is -6.58. The van der Waals surface area contributed by atoms with E-state index < -0.39 is 71.2 Å². The van der Waals surface area contributed by atoms with Gasteiger partial charge in [-0.15, -0.1) is 0 Å². The van der Waals surface area contributed by atoms with E-state index in [4.69, 9.17) is 14.2 Å². The summed E-state index contributed by atoms with van der Waals surface area (Å²) in [6.45, 7) is 15.7. The predicted molar refractivity (Wildman–Crippen MR) is 205 cm³/mol. The minimum atomic E-state index is -2.32. The van der Waals surface area contributed by atoms with Crippen LogP contribution in [0.25, 0.3) is 0 Å². The van der Waals surface area contributed by atoms with E-state index in [9.17, 15) is 34.5 Å². The first-order valence-electron chi connectivity index (χ1n) is 20.6. The number of amides is 1. The van der Waals surface area contributed by atoms with Crippen LogP contribution in [0.5, 0.6) is 0 Å². The third-order valence-electron chi connectivity index (χ3n) is 13.0. The molecule has 13 atom stereocenters. The van der Waals surface area contributed by atoms with Gasteiger partial charge in [-0.3, -0.25) is 14.4 Å². The Balaban J connectivity index is 1.75. The van der Waals surface area contributed by atoms with Gasteiger partial charge in [0.05, 0.1) is 24.4 Å². The first-order chi connectivity index (χ1) is 25.3. The Morgan fingerprint density at radius 1 is 1.02 bits per heavy atom. The number of rotatable bonds is 4. The zero-order valence-corrected chi connectivity index (χ0v) is 34.3. The molecule has 54 heavy (non-hydrogen) atoms. The molecular formula is C43H69NO10. The summed E-state index contributed by atoms with van der Waals surface area (Å²) in [6.07, 6.45) is 6.80. The Labute approximate surface area is 323 Å². The lowest BCUT2D eigenvalue weighted by molar-refractivity contribution is -0.275. The Morgan fingerprint density at radius 3 is 2.39 bits per heavy atom. The van der Waals surface area contributed by atoms with Crippen LogP contribution >= 0.6 is 0 Å². The number of ketones is 2. The second kappa shape index (κ2) is 18.7. The predicted octanol–water partition coefficient (Wildman–Crippen LogP) is 5.86. The van der Waals surface area contributed by atoms with E-state index >= 15 is 0 Å². The smallest absolute Gasteiger partial charge is 0.329 e. The van der Waals surface area contributed by atoms with E-state index in [1.807, 2.05) is 39.8 Å². The lowest BCUT2D eigenvalue weighted by Gasteiger charge is -2.45. The molecule has 4 rings (SSSR count). The molecule has 3 N–H and O–H groups in total. The number of allylic oxidation sites excluding steroid dienone is 3. The third kappa shape index (κ3) is 10.3. The molecule has 306 valence electrons. The summed E-state index contributed by atoms with van der Waals surface area (Å²) >= 11 is 0. The highest BCUT2D eigenvalue weighted by atomic mass is 16.6. The van der Waals surface area contributed by atoms with Gasteiger partial charge in [-0.25, -0.2) is 4.79 Å². The average molecular weight is 760 g/mol. The van der Waals surface area contributed by atoms with Gasteiger partial charge in [-0.05, 0) is 107 Å². The number of hydrogen-bond acceptors (Lipinski definition) is 10. The standard InChI is InChI=1S/C43H69NO10/c1-10-31-20-26(3)19-25(2)14-15-36-27(4)21-29(6)43(51,54-36)39(48)40(49)44-18-12-11-13-32(44)41(50)53-38(30(7)34(46)22-35(31)47)28(5)23-42(8)17-16-33(45)37(24-42)52-9/h20,23,25,27,29-34,36-38,45-46,51H,10-19,21-22,24H2,1-9H3/b26-20+,28-23+/t25-,27+,29-,30-,31-,32?,33-,34+,36+,37-,38-,42-,43-/m1/s1. The number of hydrogen-bond donors (Lipinski definition) is 3. The van der Waals surface area contributed by atoms with Gasteiger partial charge in [0.25, 0.3) is 11.7 Å². The zero-order chi connectivity index (χ0) is 40.1. The van der Waals surface area contributed by atoms with Gasteiger partial charge in [0.15, 0.2) is 0 Å². The maximum Gasteiger partial charge on any atom is 0.329 e. The molecule has 3 fully saturated rings. The van der Waals surface area contributed by atoms with Crippen LogP contribution in [0.15, 0.2) is 23.3 Å². The van der Waals surface area contributed by atoms with Crippen molar-refractivity contribution >= 4 is 23.4 Å². The number of cyclic esters (lactones) is 1. The Bertz CT molecular complexity index is 1410. The van der Waals surface area contributed by atoms with Crippen molar-refractivity contribution in [2.24, 2.45) is 35.0 Å². The number of carbonyl (C=O) groups excluding carboxylic acids is 4. The van der Waals surface area contributed by atoms with Gasteiger partial charge in [-0.2, -0.15) is 0 Å². The number of Topliss-reactive ketones (excluding diaryl/α,β-unsaturated/α-hetero) is 2. The Hall–Kier alpha value is -2.44. The van der Waals surface area contributed by atoms with Crippen LogP contribution in [-0.4, -0.2) is 99.7 Å². The van der Waals surface area contributed by atoms with Crippen molar-refractivity contribution < 1.29 is 48.7 Å². The van der Waals surface area contributed by atoms with Crippen LogP contribution in [0.3, 0.4) is 0 Å². The first kappa shape index (κ1) is 44.3. The van der Waals surface area contributed by atoms with Gasteiger partial charge in [-0.1, -0.05) is 59.3 Å². The summed E-state index contributed by atoms with van der Waals surface area (Å²) in [4.78, 5) is 57.4. The molecule has 3 heterocycles. The molecule has 1 saturated carbocycles. The minimum absolute atomic E-state index is 0.0522. The van der Waals surface area contributed by atoms with Crippen LogP contribution in [0, 0.1) is 35.0 Å². The molecule has 3 aliphatic heterocycles. The van der Waals surface area contributed by atoms with E-state index in [2.05, 4.69) is 13.8 Å². The quantitative estimate of drug-likeness (QED) is 0.180. The molecule has 0 aromatic carbocycles. The summed E-state index contributed by atoms with van der Waals surface area (Å²) in [6, 6.07) is -1.08. The van der Waals surface area contributed by atoms with Gasteiger partial charge < -0.3 is 34.4 Å². The third-order valence-corrected chi connectivity index (χ3v) is 13.0. The summed E-state index contributed by atoms with van der Waals surface area (Å²) in [5, 5.41) is 34.0. The van der Waals surface area contributed by atoms with Gasteiger partial charge in [0, 0.05) is 37.8 Å². The topological polar surface area (TPSA) is 160 Å². The highest BCUT2D eigenvalue weighted by Crippen LogP contribution is 2.42. The average Bonchev–Trinajstić information content (AvgIpc) is 3.13. The van der Waals surface area contributed by atoms with Crippen molar-refractivity contribution in [3.63, 3.8) is 0 Å². The number of methoxy groups -OCH3 is 1. The molecule has 1 unspecified atom stereocenters. The lowest BCUT2D eigenvalue weighted by atomic mass is 9.71. The van der Waals surface area contributed by atoms with Crippen molar-refractivity contribution in [3.05, 3.63) is 23.3 Å². The maximum atomic E-state index is 14.3. The van der Waals surface area contributed by atoms with Crippen molar-refractivity contribution in [1.29, 1.82) is 0 Å². The molecule has 0 aromatic heterocycles. The molecular weight excluding hydrogens is 690 g/mol. The second-order valence-electron chi connectivity index (χ2n) is 17.8. The molecule has 11 heteroatoms. The van der Waals surface area contributed by atoms with Crippen molar-refractivity contribution in [2.75, 3.05) is 13.7 Å². The monoisotopic (exact) mass is 759 g/mol. The summed E-state index contributed by atoms with van der Waals surface area (Å²) in [7, 11) is 1.57. The van der Waals surface area contributed by atoms with Crippen molar-refractivity contribution in [3.8, 4) is 0 Å². The normalized spacial score (nSPS) is 42.7. The van der Waals surface area contributed by atoms with Gasteiger partial charge in [0.2, 0.25) is 5.79 Å². The van der Waals surface area contributed by atoms with E-state index in [1.165, 1.54) is 4.90 Å². The molecule has 1 aliphatic carbocycles. The van der Waals surface area contributed by atoms with Crippen LogP contribution < -0.4 is 0 Å². The number of aliphatic hydroxyl groups excluding tert-OH is 2. The lowest BCUT2D eigenvalue weighted by Crippen LogP contribution is -2.61. The van der Waals surface area contributed by atoms with Crippen LogP contribution in [0.1, 0.15) is 132 Å². The molecule has 0 radical (unpaired) electrons. The number of carbonyl (C=O) groups is 4. The zero-order valence-electron chi connectivity index (χ0n) is 34.3. The Kier molecular flexibility index (Phi) is 15.3. The van der Waals surface area contributed by atoms with Crippen molar-refractivity contribution in [2.45, 2.75) is 175 Å². The van der Waals surface area contributed by atoms with E-state index in [0.717, 1.165) is 18.4 Å². The molecule has 2 saturated heterocycles. The number of nitrogens with zero attached hydrogens (tertiary/aromatic N) is 1.